The normalized spacial score (nSPS) is 10.3. The molecule has 1 rings (SSSR count). The standard InChI is InChI=1S/C11H16BrNO2/c1-3-14-4-5-15-11-9(12)6-8(2)7-10(11)13/h6-7H,3-5,13H2,1-2H3. The van der Waals surface area contributed by atoms with Crippen LogP contribution in [0.3, 0.4) is 0 Å². The third-order valence-electron chi connectivity index (χ3n) is 1.89. The SMILES string of the molecule is CCOCCOc1c(N)cc(C)cc1Br. The van der Waals surface area contributed by atoms with Crippen molar-refractivity contribution in [3.05, 3.63) is 22.2 Å². The number of hydrogen-bond donors (Lipinski definition) is 1. The number of rotatable bonds is 5. The number of nitrogens with two attached hydrogens (primary N) is 1. The molecule has 0 aliphatic carbocycles. The first-order valence-corrected chi connectivity index (χ1v) is 5.70. The topological polar surface area (TPSA) is 44.5 Å². The molecule has 0 atom stereocenters. The Labute approximate surface area is 98.7 Å². The molecule has 84 valence electrons. The molecule has 3 nitrogen and oxygen atoms in total. The molecule has 0 spiro atoms. The van der Waals surface area contributed by atoms with Crippen molar-refractivity contribution >= 4 is 21.6 Å². The zero-order valence-electron chi connectivity index (χ0n) is 9.05. The summed E-state index contributed by atoms with van der Waals surface area (Å²) in [6, 6.07) is 3.87. The van der Waals surface area contributed by atoms with Crippen molar-refractivity contribution in [2.45, 2.75) is 13.8 Å². The van der Waals surface area contributed by atoms with E-state index in [1.54, 1.807) is 0 Å². The van der Waals surface area contributed by atoms with Crippen molar-refractivity contribution < 1.29 is 9.47 Å². The Morgan fingerprint density at radius 3 is 2.67 bits per heavy atom. The predicted molar refractivity (Wildman–Crippen MR) is 65.3 cm³/mol. The fourth-order valence-corrected chi connectivity index (χ4v) is 1.96. The highest BCUT2D eigenvalue weighted by Crippen LogP contribution is 2.32. The Morgan fingerprint density at radius 2 is 2.07 bits per heavy atom. The van der Waals surface area contributed by atoms with Crippen LogP contribution in [-0.4, -0.2) is 19.8 Å². The number of nitrogen functional groups attached to an aromatic ring is 1. The minimum atomic E-state index is 0.514. The van der Waals surface area contributed by atoms with Gasteiger partial charge in [0, 0.05) is 6.61 Å². The van der Waals surface area contributed by atoms with Gasteiger partial charge in [0.15, 0.2) is 5.75 Å². The van der Waals surface area contributed by atoms with Gasteiger partial charge in [-0.05, 0) is 47.5 Å². The van der Waals surface area contributed by atoms with Gasteiger partial charge >= 0.3 is 0 Å². The lowest BCUT2D eigenvalue weighted by Crippen LogP contribution is -2.08. The summed E-state index contributed by atoms with van der Waals surface area (Å²) < 4.78 is 11.6. The van der Waals surface area contributed by atoms with Crippen molar-refractivity contribution in [3.63, 3.8) is 0 Å². The molecule has 0 radical (unpaired) electrons. The van der Waals surface area contributed by atoms with E-state index in [0.717, 1.165) is 10.0 Å². The summed E-state index contributed by atoms with van der Waals surface area (Å²) in [5.41, 5.74) is 7.60. The van der Waals surface area contributed by atoms with Gasteiger partial charge in [-0.15, -0.1) is 0 Å². The second-order valence-electron chi connectivity index (χ2n) is 3.21. The number of anilines is 1. The Morgan fingerprint density at radius 1 is 1.33 bits per heavy atom. The molecule has 0 aliphatic heterocycles. The van der Waals surface area contributed by atoms with Gasteiger partial charge in [0.05, 0.1) is 16.8 Å². The van der Waals surface area contributed by atoms with E-state index in [1.165, 1.54) is 0 Å². The molecule has 0 amide bonds. The van der Waals surface area contributed by atoms with E-state index < -0.39 is 0 Å². The Hall–Kier alpha value is -0.740. The first-order valence-electron chi connectivity index (χ1n) is 4.91. The van der Waals surface area contributed by atoms with Gasteiger partial charge in [0.2, 0.25) is 0 Å². The number of ether oxygens (including phenoxy) is 2. The van der Waals surface area contributed by atoms with E-state index in [1.807, 2.05) is 26.0 Å². The lowest BCUT2D eigenvalue weighted by atomic mass is 10.2. The van der Waals surface area contributed by atoms with Crippen molar-refractivity contribution in [2.75, 3.05) is 25.6 Å². The molecular weight excluding hydrogens is 258 g/mol. The largest absolute Gasteiger partial charge is 0.488 e. The van der Waals surface area contributed by atoms with E-state index in [0.29, 0.717) is 31.3 Å². The van der Waals surface area contributed by atoms with Crippen molar-refractivity contribution in [3.8, 4) is 5.75 Å². The monoisotopic (exact) mass is 273 g/mol. The van der Waals surface area contributed by atoms with Crippen LogP contribution in [0, 0.1) is 6.92 Å². The summed E-state index contributed by atoms with van der Waals surface area (Å²) in [4.78, 5) is 0. The molecule has 0 aliphatic rings. The Kier molecular flexibility index (Phi) is 4.91. The third-order valence-corrected chi connectivity index (χ3v) is 2.48. The molecule has 1 aromatic rings. The number of benzene rings is 1. The van der Waals surface area contributed by atoms with E-state index in [4.69, 9.17) is 15.2 Å². The van der Waals surface area contributed by atoms with Crippen LogP contribution in [0.2, 0.25) is 0 Å². The van der Waals surface area contributed by atoms with Crippen LogP contribution < -0.4 is 10.5 Å². The third kappa shape index (κ3) is 3.72. The molecule has 4 heteroatoms. The Bertz CT molecular complexity index is 305. The summed E-state index contributed by atoms with van der Waals surface area (Å²) in [5, 5.41) is 0. The van der Waals surface area contributed by atoms with Crippen LogP contribution in [0.1, 0.15) is 12.5 Å². The molecule has 2 N–H and O–H groups in total. The maximum atomic E-state index is 5.84. The molecule has 0 aromatic heterocycles. The van der Waals surface area contributed by atoms with Crippen LogP contribution in [0.15, 0.2) is 16.6 Å². The van der Waals surface area contributed by atoms with Crippen LogP contribution in [0.5, 0.6) is 5.75 Å². The summed E-state index contributed by atoms with van der Waals surface area (Å²) >= 11 is 3.42. The molecule has 0 unspecified atom stereocenters. The number of halogens is 1. The fraction of sp³-hybridized carbons (Fsp3) is 0.455. The average Bonchev–Trinajstić information content (AvgIpc) is 2.15. The second kappa shape index (κ2) is 5.98. The summed E-state index contributed by atoms with van der Waals surface area (Å²) in [6.07, 6.45) is 0. The fourth-order valence-electron chi connectivity index (χ4n) is 1.26. The van der Waals surface area contributed by atoms with E-state index in [-0.39, 0.29) is 0 Å². The van der Waals surface area contributed by atoms with Gasteiger partial charge in [-0.3, -0.25) is 0 Å². The highest BCUT2D eigenvalue weighted by molar-refractivity contribution is 9.10. The summed E-state index contributed by atoms with van der Waals surface area (Å²) in [7, 11) is 0. The quantitative estimate of drug-likeness (QED) is 0.663. The molecule has 0 bridgehead atoms. The first-order chi connectivity index (χ1) is 7.15. The first kappa shape index (κ1) is 12.3. The molecule has 0 saturated heterocycles. The molecule has 0 saturated carbocycles. The smallest absolute Gasteiger partial charge is 0.156 e. The van der Waals surface area contributed by atoms with Gasteiger partial charge < -0.3 is 15.2 Å². The summed E-state index contributed by atoms with van der Waals surface area (Å²) in [5.74, 6) is 0.695. The van der Waals surface area contributed by atoms with Gasteiger partial charge in [-0.25, -0.2) is 0 Å². The molecule has 15 heavy (non-hydrogen) atoms. The predicted octanol–water partition coefficient (Wildman–Crippen LogP) is 2.76. The molecule has 0 heterocycles. The molecule has 0 fully saturated rings. The van der Waals surface area contributed by atoms with Crippen LogP contribution in [-0.2, 0) is 4.74 Å². The van der Waals surface area contributed by atoms with Gasteiger partial charge in [0.25, 0.3) is 0 Å². The lowest BCUT2D eigenvalue weighted by Gasteiger charge is -2.11. The van der Waals surface area contributed by atoms with Gasteiger partial charge in [-0.2, -0.15) is 0 Å². The lowest BCUT2D eigenvalue weighted by molar-refractivity contribution is 0.110. The van der Waals surface area contributed by atoms with E-state index >= 15 is 0 Å². The highest BCUT2D eigenvalue weighted by atomic mass is 79.9. The van der Waals surface area contributed by atoms with Crippen molar-refractivity contribution in [1.29, 1.82) is 0 Å². The van der Waals surface area contributed by atoms with E-state index in [9.17, 15) is 0 Å². The minimum Gasteiger partial charge on any atom is -0.488 e. The average molecular weight is 274 g/mol. The maximum absolute atomic E-state index is 5.84. The van der Waals surface area contributed by atoms with Gasteiger partial charge in [-0.1, -0.05) is 0 Å². The van der Waals surface area contributed by atoms with Crippen LogP contribution >= 0.6 is 15.9 Å². The Balaban J connectivity index is 2.60. The zero-order chi connectivity index (χ0) is 11.3. The molecular formula is C11H16BrNO2. The van der Waals surface area contributed by atoms with Gasteiger partial charge in [0.1, 0.15) is 6.61 Å². The van der Waals surface area contributed by atoms with Crippen molar-refractivity contribution in [1.82, 2.24) is 0 Å². The molecule has 1 aromatic carbocycles. The number of hydrogen-bond acceptors (Lipinski definition) is 3. The van der Waals surface area contributed by atoms with Crippen LogP contribution in [0.25, 0.3) is 0 Å². The second-order valence-corrected chi connectivity index (χ2v) is 4.06. The highest BCUT2D eigenvalue weighted by Gasteiger charge is 2.06. The maximum Gasteiger partial charge on any atom is 0.156 e. The van der Waals surface area contributed by atoms with Crippen LogP contribution in [0.4, 0.5) is 5.69 Å². The summed E-state index contributed by atoms with van der Waals surface area (Å²) in [6.45, 7) is 5.74. The zero-order valence-corrected chi connectivity index (χ0v) is 10.6. The van der Waals surface area contributed by atoms with Crippen molar-refractivity contribution in [2.24, 2.45) is 0 Å². The number of aryl methyl sites for hydroxylation is 1. The van der Waals surface area contributed by atoms with E-state index in [2.05, 4.69) is 15.9 Å². The minimum absolute atomic E-state index is 0.514.